The summed E-state index contributed by atoms with van der Waals surface area (Å²) in [5.74, 6) is -1.48. The molecule has 2 rings (SSSR count). The van der Waals surface area contributed by atoms with Crippen LogP contribution in [-0.2, 0) is 0 Å². The van der Waals surface area contributed by atoms with Crippen LogP contribution in [-0.4, -0.2) is 27.1 Å². The van der Waals surface area contributed by atoms with Crippen molar-refractivity contribution in [1.82, 2.24) is 10.1 Å². The number of carboxylic acids is 1. The molecule has 0 aliphatic carbocycles. The van der Waals surface area contributed by atoms with Gasteiger partial charge >= 0.3 is 5.97 Å². The Balaban J connectivity index is 2.16. The predicted octanol–water partition coefficient (Wildman–Crippen LogP) is 1.02. The first-order valence-corrected chi connectivity index (χ1v) is 4.58. The molecule has 0 aromatic carbocycles. The third-order valence-electron chi connectivity index (χ3n) is 1.92. The fourth-order valence-electron chi connectivity index (χ4n) is 1.14. The van der Waals surface area contributed by atoms with Crippen molar-refractivity contribution in [1.29, 1.82) is 0 Å². The average Bonchev–Trinajstić information content (AvgIpc) is 2.82. The Kier molecular flexibility index (Phi) is 2.82. The lowest BCUT2D eigenvalue weighted by atomic mass is 10.2. The number of aromatic carboxylic acids is 1. The average molecular weight is 233 g/mol. The summed E-state index contributed by atoms with van der Waals surface area (Å²) in [5.41, 5.74) is 0.128. The second-order valence-electron chi connectivity index (χ2n) is 3.07. The highest BCUT2D eigenvalue weighted by molar-refractivity contribution is 6.02. The Morgan fingerprint density at radius 2 is 2.18 bits per heavy atom. The van der Waals surface area contributed by atoms with Crippen LogP contribution in [0, 0.1) is 0 Å². The summed E-state index contributed by atoms with van der Waals surface area (Å²) < 4.78 is 4.51. The number of nitrogens with zero attached hydrogens (tertiary/aromatic N) is 2. The van der Waals surface area contributed by atoms with Crippen LogP contribution in [0.15, 0.2) is 35.2 Å². The maximum absolute atomic E-state index is 11.5. The quantitative estimate of drug-likeness (QED) is 0.819. The number of carbonyl (C=O) groups is 2. The number of hydrogen-bond donors (Lipinski definition) is 2. The SMILES string of the molecule is O=C(O)c1ccnc(NC(=O)c2ccon2)c1. The van der Waals surface area contributed by atoms with E-state index in [0.29, 0.717) is 0 Å². The molecule has 0 atom stereocenters. The molecule has 0 aliphatic rings. The molecule has 1 amide bonds. The summed E-state index contributed by atoms with van der Waals surface area (Å²) in [7, 11) is 0. The van der Waals surface area contributed by atoms with Crippen molar-refractivity contribution < 1.29 is 19.2 Å². The first-order valence-electron chi connectivity index (χ1n) is 4.58. The zero-order chi connectivity index (χ0) is 12.3. The van der Waals surface area contributed by atoms with Crippen LogP contribution in [0.2, 0.25) is 0 Å². The number of carboxylic acid groups (broad SMARTS) is 1. The molecule has 0 radical (unpaired) electrons. The van der Waals surface area contributed by atoms with Crippen molar-refractivity contribution in [2.24, 2.45) is 0 Å². The van der Waals surface area contributed by atoms with Crippen LogP contribution >= 0.6 is 0 Å². The number of aromatic nitrogens is 2. The molecule has 2 N–H and O–H groups in total. The Labute approximate surface area is 95.1 Å². The number of carbonyl (C=O) groups excluding carboxylic acids is 1. The number of pyridine rings is 1. The Bertz CT molecular complexity index is 550. The number of nitrogens with one attached hydrogen (secondary N) is 1. The molecule has 86 valence electrons. The van der Waals surface area contributed by atoms with Crippen molar-refractivity contribution in [3.63, 3.8) is 0 Å². The predicted molar refractivity (Wildman–Crippen MR) is 55.7 cm³/mol. The highest BCUT2D eigenvalue weighted by atomic mass is 16.5. The van der Waals surface area contributed by atoms with Gasteiger partial charge in [0.2, 0.25) is 0 Å². The van der Waals surface area contributed by atoms with Crippen LogP contribution in [0.3, 0.4) is 0 Å². The molecular weight excluding hydrogens is 226 g/mol. The first-order chi connectivity index (χ1) is 8.16. The van der Waals surface area contributed by atoms with Crippen LogP contribution in [0.4, 0.5) is 5.82 Å². The van der Waals surface area contributed by atoms with Gasteiger partial charge in [0.25, 0.3) is 5.91 Å². The second kappa shape index (κ2) is 4.44. The van der Waals surface area contributed by atoms with Gasteiger partial charge in [0, 0.05) is 12.3 Å². The van der Waals surface area contributed by atoms with Crippen molar-refractivity contribution in [3.8, 4) is 0 Å². The number of hydrogen-bond acceptors (Lipinski definition) is 5. The molecule has 0 bridgehead atoms. The Morgan fingerprint density at radius 3 is 2.82 bits per heavy atom. The summed E-state index contributed by atoms with van der Waals surface area (Å²) in [4.78, 5) is 26.1. The molecule has 0 saturated heterocycles. The van der Waals surface area contributed by atoms with E-state index in [2.05, 4.69) is 20.0 Å². The van der Waals surface area contributed by atoms with Gasteiger partial charge in [-0.15, -0.1) is 0 Å². The fraction of sp³-hybridized carbons (Fsp3) is 0. The van der Waals surface area contributed by atoms with Crippen LogP contribution in [0.1, 0.15) is 20.8 Å². The highest BCUT2D eigenvalue weighted by Gasteiger charge is 2.11. The smallest absolute Gasteiger partial charge is 0.335 e. The van der Waals surface area contributed by atoms with Gasteiger partial charge in [-0.05, 0) is 12.1 Å². The summed E-state index contributed by atoms with van der Waals surface area (Å²) in [6.07, 6.45) is 2.55. The van der Waals surface area contributed by atoms with Gasteiger partial charge in [-0.25, -0.2) is 9.78 Å². The van der Waals surface area contributed by atoms with Gasteiger partial charge in [0.15, 0.2) is 5.69 Å². The maximum atomic E-state index is 11.5. The molecule has 17 heavy (non-hydrogen) atoms. The van der Waals surface area contributed by atoms with Gasteiger partial charge in [-0.1, -0.05) is 5.16 Å². The van der Waals surface area contributed by atoms with E-state index in [1.165, 1.54) is 30.7 Å². The number of amides is 1. The standard InChI is InChI=1S/C10H7N3O4/c14-9(7-2-4-17-13-7)12-8-5-6(10(15)16)1-3-11-8/h1-5H,(H,15,16)(H,11,12,14). The third-order valence-corrected chi connectivity index (χ3v) is 1.92. The summed E-state index contributed by atoms with van der Waals surface area (Å²) in [6.45, 7) is 0. The molecule has 0 unspecified atom stereocenters. The third kappa shape index (κ3) is 2.46. The molecule has 0 fully saturated rings. The molecule has 7 heteroatoms. The van der Waals surface area contributed by atoms with E-state index in [1.54, 1.807) is 0 Å². The van der Waals surface area contributed by atoms with Gasteiger partial charge < -0.3 is 14.9 Å². The van der Waals surface area contributed by atoms with Gasteiger partial charge in [-0.2, -0.15) is 0 Å². The zero-order valence-electron chi connectivity index (χ0n) is 8.45. The monoisotopic (exact) mass is 233 g/mol. The zero-order valence-corrected chi connectivity index (χ0v) is 8.45. The van der Waals surface area contributed by atoms with Crippen LogP contribution in [0.5, 0.6) is 0 Å². The largest absolute Gasteiger partial charge is 0.478 e. The number of anilines is 1. The lowest BCUT2D eigenvalue weighted by molar-refractivity contribution is 0.0696. The minimum Gasteiger partial charge on any atom is -0.478 e. The lowest BCUT2D eigenvalue weighted by Crippen LogP contribution is -2.13. The number of rotatable bonds is 3. The Hall–Kier alpha value is -2.70. The normalized spacial score (nSPS) is 9.88. The van der Waals surface area contributed by atoms with Crippen molar-refractivity contribution in [2.45, 2.75) is 0 Å². The summed E-state index contributed by atoms with van der Waals surface area (Å²) in [6, 6.07) is 3.96. The van der Waals surface area contributed by atoms with E-state index >= 15 is 0 Å². The van der Waals surface area contributed by atoms with Gasteiger partial charge in [-0.3, -0.25) is 4.79 Å². The molecule has 2 aromatic heterocycles. The van der Waals surface area contributed by atoms with E-state index in [1.807, 2.05) is 0 Å². The van der Waals surface area contributed by atoms with Crippen molar-refractivity contribution >= 4 is 17.7 Å². The molecule has 0 saturated carbocycles. The lowest BCUT2D eigenvalue weighted by Gasteiger charge is -2.02. The second-order valence-corrected chi connectivity index (χ2v) is 3.07. The maximum Gasteiger partial charge on any atom is 0.335 e. The summed E-state index contributed by atoms with van der Waals surface area (Å²) in [5, 5.41) is 14.6. The molecule has 2 heterocycles. The minimum atomic E-state index is -1.09. The molecule has 7 nitrogen and oxygen atoms in total. The highest BCUT2D eigenvalue weighted by Crippen LogP contribution is 2.08. The van der Waals surface area contributed by atoms with Gasteiger partial charge in [0.05, 0.1) is 5.56 Å². The minimum absolute atomic E-state index is 0.0375. The van der Waals surface area contributed by atoms with Gasteiger partial charge in [0.1, 0.15) is 12.1 Å². The van der Waals surface area contributed by atoms with E-state index < -0.39 is 11.9 Å². The van der Waals surface area contributed by atoms with Crippen molar-refractivity contribution in [3.05, 3.63) is 41.9 Å². The molecule has 2 aromatic rings. The first kappa shape index (κ1) is 10.8. The Morgan fingerprint density at radius 1 is 1.35 bits per heavy atom. The topological polar surface area (TPSA) is 105 Å². The van der Waals surface area contributed by atoms with Crippen LogP contribution in [0.25, 0.3) is 0 Å². The van der Waals surface area contributed by atoms with E-state index in [9.17, 15) is 9.59 Å². The summed E-state index contributed by atoms with van der Waals surface area (Å²) >= 11 is 0. The molecule has 0 spiro atoms. The van der Waals surface area contributed by atoms with E-state index in [-0.39, 0.29) is 17.1 Å². The van der Waals surface area contributed by atoms with Crippen molar-refractivity contribution in [2.75, 3.05) is 5.32 Å². The molecular formula is C10H7N3O4. The fourth-order valence-corrected chi connectivity index (χ4v) is 1.14. The van der Waals surface area contributed by atoms with E-state index in [0.717, 1.165) is 0 Å². The van der Waals surface area contributed by atoms with Crippen LogP contribution < -0.4 is 5.32 Å². The van der Waals surface area contributed by atoms with E-state index in [4.69, 9.17) is 5.11 Å². The molecule has 0 aliphatic heterocycles.